The van der Waals surface area contributed by atoms with Crippen LogP contribution in [0.25, 0.3) is 0 Å². The Balaban J connectivity index is 1.38. The fraction of sp³-hybridized carbons (Fsp3) is 1.00. The van der Waals surface area contributed by atoms with E-state index in [4.69, 9.17) is 9.47 Å². The predicted molar refractivity (Wildman–Crippen MR) is 71.7 cm³/mol. The normalized spacial score (nSPS) is 31.7. The highest BCUT2D eigenvalue weighted by Gasteiger charge is 2.38. The third kappa shape index (κ3) is 3.46. The topological polar surface area (TPSA) is 30.5 Å². The molecule has 0 aromatic rings. The number of hydrogen-bond acceptors (Lipinski definition) is 3. The monoisotopic (exact) mass is 253 g/mol. The van der Waals surface area contributed by atoms with Crippen LogP contribution >= 0.6 is 0 Å². The van der Waals surface area contributed by atoms with E-state index in [1.807, 2.05) is 0 Å². The van der Waals surface area contributed by atoms with Gasteiger partial charge in [-0.2, -0.15) is 0 Å². The minimum Gasteiger partial charge on any atom is -0.381 e. The second-order valence-electron chi connectivity index (χ2n) is 6.45. The molecule has 2 saturated heterocycles. The van der Waals surface area contributed by atoms with E-state index in [2.05, 4.69) is 5.32 Å². The van der Waals surface area contributed by atoms with Gasteiger partial charge in [-0.15, -0.1) is 0 Å². The maximum Gasteiger partial charge on any atom is 0.0709 e. The standard InChI is InChI=1S/C15H27NO2/c1-2-14(1)12-17-9-3-13-4-10-18-15(11-13)5-7-16-8-6-15/h13-14,16H,1-12H2/t13-/m0/s1. The summed E-state index contributed by atoms with van der Waals surface area (Å²) in [6, 6.07) is 0. The fourth-order valence-corrected chi connectivity index (χ4v) is 3.39. The smallest absolute Gasteiger partial charge is 0.0709 e. The molecule has 0 aromatic carbocycles. The van der Waals surface area contributed by atoms with Crippen LogP contribution in [0, 0.1) is 11.8 Å². The molecule has 2 heterocycles. The Hall–Kier alpha value is -0.120. The molecule has 0 unspecified atom stereocenters. The molecule has 104 valence electrons. The molecule has 0 bridgehead atoms. The van der Waals surface area contributed by atoms with Gasteiger partial charge in [0.25, 0.3) is 0 Å². The number of nitrogens with one attached hydrogen (secondary N) is 1. The number of ether oxygens (including phenoxy) is 2. The highest BCUT2D eigenvalue weighted by atomic mass is 16.5. The van der Waals surface area contributed by atoms with Crippen LogP contribution in [0.4, 0.5) is 0 Å². The molecule has 3 nitrogen and oxygen atoms in total. The summed E-state index contributed by atoms with van der Waals surface area (Å²) < 4.78 is 11.9. The summed E-state index contributed by atoms with van der Waals surface area (Å²) in [4.78, 5) is 0. The van der Waals surface area contributed by atoms with Crippen LogP contribution in [0.15, 0.2) is 0 Å². The van der Waals surface area contributed by atoms with Gasteiger partial charge in [0.2, 0.25) is 0 Å². The molecule has 0 aromatic heterocycles. The average molecular weight is 253 g/mol. The van der Waals surface area contributed by atoms with Crippen LogP contribution in [0.3, 0.4) is 0 Å². The molecule has 18 heavy (non-hydrogen) atoms. The minimum atomic E-state index is 0.213. The van der Waals surface area contributed by atoms with Crippen molar-refractivity contribution in [2.75, 3.05) is 32.9 Å². The van der Waals surface area contributed by atoms with Crippen molar-refractivity contribution >= 4 is 0 Å². The lowest BCUT2D eigenvalue weighted by Gasteiger charge is -2.43. The molecule has 1 N–H and O–H groups in total. The Labute approximate surface area is 111 Å². The van der Waals surface area contributed by atoms with Gasteiger partial charge in [0.1, 0.15) is 0 Å². The zero-order valence-electron chi connectivity index (χ0n) is 11.5. The molecule has 2 aliphatic heterocycles. The highest BCUT2D eigenvalue weighted by Crippen LogP contribution is 2.37. The first-order valence-electron chi connectivity index (χ1n) is 7.79. The van der Waals surface area contributed by atoms with Crippen molar-refractivity contribution in [3.05, 3.63) is 0 Å². The van der Waals surface area contributed by atoms with E-state index < -0.39 is 0 Å². The number of piperidine rings is 1. The van der Waals surface area contributed by atoms with Crippen LogP contribution in [-0.2, 0) is 9.47 Å². The summed E-state index contributed by atoms with van der Waals surface area (Å²) >= 11 is 0. The van der Waals surface area contributed by atoms with Crippen molar-refractivity contribution in [2.45, 2.75) is 50.5 Å². The molecule has 3 aliphatic rings. The van der Waals surface area contributed by atoms with Gasteiger partial charge in [0, 0.05) is 19.8 Å². The fourth-order valence-electron chi connectivity index (χ4n) is 3.39. The van der Waals surface area contributed by atoms with Crippen molar-refractivity contribution in [2.24, 2.45) is 11.8 Å². The lowest BCUT2D eigenvalue weighted by molar-refractivity contribution is -0.116. The first kappa shape index (κ1) is 12.9. The minimum absolute atomic E-state index is 0.213. The van der Waals surface area contributed by atoms with Crippen LogP contribution in [0.5, 0.6) is 0 Å². The molecule has 0 amide bonds. The first-order valence-corrected chi connectivity index (χ1v) is 7.79. The Bertz CT molecular complexity index is 254. The van der Waals surface area contributed by atoms with Crippen LogP contribution < -0.4 is 5.32 Å². The lowest BCUT2D eigenvalue weighted by Crippen LogP contribution is -2.48. The van der Waals surface area contributed by atoms with Crippen LogP contribution in [0.2, 0.25) is 0 Å². The summed E-state index contributed by atoms with van der Waals surface area (Å²) in [5, 5.41) is 3.44. The molecule has 1 aliphatic carbocycles. The zero-order chi connectivity index (χ0) is 12.3. The number of rotatable bonds is 5. The van der Waals surface area contributed by atoms with E-state index in [1.165, 1.54) is 44.9 Å². The number of hydrogen-bond donors (Lipinski definition) is 1. The maximum absolute atomic E-state index is 6.11. The van der Waals surface area contributed by atoms with Gasteiger partial charge in [0.15, 0.2) is 0 Å². The summed E-state index contributed by atoms with van der Waals surface area (Å²) in [6.07, 6.45) is 8.94. The van der Waals surface area contributed by atoms with E-state index in [0.717, 1.165) is 44.7 Å². The summed E-state index contributed by atoms with van der Waals surface area (Å²) in [5.74, 6) is 1.73. The summed E-state index contributed by atoms with van der Waals surface area (Å²) in [7, 11) is 0. The Kier molecular flexibility index (Phi) is 4.22. The SMILES string of the molecule is C1CC2(CCN1)C[C@@H](CCOCC1CC1)CCO2. The lowest BCUT2D eigenvalue weighted by atomic mass is 9.79. The van der Waals surface area contributed by atoms with Gasteiger partial charge in [0.05, 0.1) is 5.60 Å². The van der Waals surface area contributed by atoms with Gasteiger partial charge < -0.3 is 14.8 Å². The van der Waals surface area contributed by atoms with Crippen molar-refractivity contribution in [1.82, 2.24) is 5.32 Å². The van der Waals surface area contributed by atoms with Gasteiger partial charge in [-0.25, -0.2) is 0 Å². The average Bonchev–Trinajstić information content (AvgIpc) is 3.20. The van der Waals surface area contributed by atoms with Crippen molar-refractivity contribution in [3.63, 3.8) is 0 Å². The van der Waals surface area contributed by atoms with Crippen molar-refractivity contribution < 1.29 is 9.47 Å². The molecule has 1 spiro atoms. The molecule has 3 rings (SSSR count). The van der Waals surface area contributed by atoms with E-state index in [0.29, 0.717) is 0 Å². The Morgan fingerprint density at radius 3 is 2.72 bits per heavy atom. The van der Waals surface area contributed by atoms with Crippen molar-refractivity contribution in [3.8, 4) is 0 Å². The molecule has 1 atom stereocenters. The summed E-state index contributed by atoms with van der Waals surface area (Å²) in [6.45, 7) is 5.21. The Morgan fingerprint density at radius 2 is 1.94 bits per heavy atom. The third-order valence-corrected chi connectivity index (χ3v) is 4.83. The van der Waals surface area contributed by atoms with E-state index in [1.54, 1.807) is 0 Å². The molecular formula is C15H27NO2. The maximum atomic E-state index is 6.11. The first-order chi connectivity index (χ1) is 8.86. The quantitative estimate of drug-likeness (QED) is 0.763. The third-order valence-electron chi connectivity index (χ3n) is 4.83. The highest BCUT2D eigenvalue weighted by molar-refractivity contribution is 4.91. The Morgan fingerprint density at radius 1 is 1.11 bits per heavy atom. The van der Waals surface area contributed by atoms with Gasteiger partial charge in [-0.3, -0.25) is 0 Å². The van der Waals surface area contributed by atoms with Crippen molar-refractivity contribution in [1.29, 1.82) is 0 Å². The van der Waals surface area contributed by atoms with Crippen LogP contribution in [0.1, 0.15) is 44.9 Å². The predicted octanol–water partition coefficient (Wildman–Crippen LogP) is 2.35. The van der Waals surface area contributed by atoms with Gasteiger partial charge >= 0.3 is 0 Å². The summed E-state index contributed by atoms with van der Waals surface area (Å²) in [5.41, 5.74) is 0.213. The van der Waals surface area contributed by atoms with E-state index in [-0.39, 0.29) is 5.60 Å². The van der Waals surface area contributed by atoms with Gasteiger partial charge in [-0.05, 0) is 69.9 Å². The molecule has 3 fully saturated rings. The second-order valence-corrected chi connectivity index (χ2v) is 6.45. The second kappa shape index (κ2) is 5.89. The molecule has 0 radical (unpaired) electrons. The van der Waals surface area contributed by atoms with Crippen LogP contribution in [-0.4, -0.2) is 38.5 Å². The largest absolute Gasteiger partial charge is 0.381 e. The van der Waals surface area contributed by atoms with E-state index >= 15 is 0 Å². The zero-order valence-corrected chi connectivity index (χ0v) is 11.5. The molecule has 1 saturated carbocycles. The molecule has 3 heteroatoms. The van der Waals surface area contributed by atoms with E-state index in [9.17, 15) is 0 Å². The van der Waals surface area contributed by atoms with Gasteiger partial charge in [-0.1, -0.05) is 0 Å². The molecular weight excluding hydrogens is 226 g/mol.